The molecule has 0 amide bonds. The fourth-order valence-electron chi connectivity index (χ4n) is 1.42. The number of hydrogen-bond donors (Lipinski definition) is 0. The maximum Gasteiger partial charge on any atom is 0.353 e. The summed E-state index contributed by atoms with van der Waals surface area (Å²) in [5.74, 6) is 0.111. The number of carbonyl (C=O) groups is 1. The summed E-state index contributed by atoms with van der Waals surface area (Å²) in [4.78, 5) is 17.1. The molecule has 0 saturated heterocycles. The van der Waals surface area contributed by atoms with Crippen molar-refractivity contribution in [1.29, 1.82) is 0 Å². The summed E-state index contributed by atoms with van der Waals surface area (Å²) in [6.45, 7) is 8.16. The number of carbonyl (C=O) groups excluding carboxylic acids is 1. The normalized spacial score (nSPS) is 24.2. The third-order valence-corrected chi connectivity index (χ3v) is 2.94. The Hall–Kier alpha value is -0.770. The number of ether oxygens (including phenoxy) is 1. The van der Waals surface area contributed by atoms with Gasteiger partial charge < -0.3 is 9.57 Å². The minimum atomic E-state index is -0.977. The van der Waals surface area contributed by atoms with Gasteiger partial charge in [0.2, 0.25) is 5.60 Å². The second-order valence-electron chi connectivity index (χ2n) is 5.47. The zero-order chi connectivity index (χ0) is 13.1. The lowest BCUT2D eigenvalue weighted by molar-refractivity contribution is -0.167. The van der Waals surface area contributed by atoms with E-state index < -0.39 is 5.60 Å². The highest BCUT2D eigenvalue weighted by Gasteiger charge is 2.45. The Bertz CT molecular complexity index is 322. The van der Waals surface area contributed by atoms with Gasteiger partial charge in [-0.2, -0.15) is 0 Å². The maximum atomic E-state index is 11.9. The molecule has 0 N–H and O–H groups in total. The van der Waals surface area contributed by atoms with Gasteiger partial charge in [0.25, 0.3) is 0 Å². The third-order valence-electron chi connectivity index (χ3n) is 2.67. The molecule has 0 aromatic rings. The SMILES string of the molecule is CC(C)(C)C1=NOC(C)(C(=O)OCCCCl)C1. The molecule has 0 aliphatic carbocycles. The molecule has 98 valence electrons. The molecule has 0 spiro atoms. The zero-order valence-electron chi connectivity index (χ0n) is 10.9. The molecular formula is C12H20ClNO3. The van der Waals surface area contributed by atoms with Crippen LogP contribution in [0, 0.1) is 5.41 Å². The van der Waals surface area contributed by atoms with Crippen LogP contribution >= 0.6 is 11.6 Å². The standard InChI is InChI=1S/C12H20ClNO3/c1-11(2,3)9-8-12(4,17-14-9)10(15)16-7-5-6-13/h5-8H2,1-4H3. The number of oxime groups is 1. The summed E-state index contributed by atoms with van der Waals surface area (Å²) in [5.41, 5.74) is -0.183. The quantitative estimate of drug-likeness (QED) is 0.444. The topological polar surface area (TPSA) is 47.9 Å². The molecule has 17 heavy (non-hydrogen) atoms. The van der Waals surface area contributed by atoms with Crippen LogP contribution in [0.5, 0.6) is 0 Å². The molecule has 1 aliphatic heterocycles. The molecule has 1 unspecified atom stereocenters. The Kier molecular flexibility index (Phi) is 4.42. The van der Waals surface area contributed by atoms with E-state index in [1.807, 2.05) is 20.8 Å². The fourth-order valence-corrected chi connectivity index (χ4v) is 1.53. The summed E-state index contributed by atoms with van der Waals surface area (Å²) in [5, 5.41) is 4.00. The summed E-state index contributed by atoms with van der Waals surface area (Å²) in [7, 11) is 0. The Morgan fingerprint density at radius 3 is 2.71 bits per heavy atom. The maximum absolute atomic E-state index is 11.9. The number of rotatable bonds is 4. The first-order valence-corrected chi connectivity index (χ1v) is 6.32. The summed E-state index contributed by atoms with van der Waals surface area (Å²) in [6, 6.07) is 0. The largest absolute Gasteiger partial charge is 0.463 e. The van der Waals surface area contributed by atoms with Crippen LogP contribution in [-0.4, -0.2) is 29.8 Å². The Balaban J connectivity index is 2.54. The van der Waals surface area contributed by atoms with Crippen molar-refractivity contribution in [3.63, 3.8) is 0 Å². The average molecular weight is 262 g/mol. The van der Waals surface area contributed by atoms with Gasteiger partial charge in [-0.3, -0.25) is 0 Å². The Morgan fingerprint density at radius 1 is 1.59 bits per heavy atom. The molecule has 0 aromatic carbocycles. The number of alkyl halides is 1. The van der Waals surface area contributed by atoms with E-state index >= 15 is 0 Å². The van der Waals surface area contributed by atoms with Gasteiger partial charge in [0.15, 0.2) is 0 Å². The summed E-state index contributed by atoms with van der Waals surface area (Å²) < 4.78 is 5.11. The van der Waals surface area contributed by atoms with E-state index in [0.29, 0.717) is 25.3 Å². The molecule has 4 nitrogen and oxygen atoms in total. The number of nitrogens with zero attached hydrogens (tertiary/aromatic N) is 1. The molecule has 0 saturated carbocycles. The monoisotopic (exact) mass is 261 g/mol. The molecule has 5 heteroatoms. The van der Waals surface area contributed by atoms with E-state index in [1.165, 1.54) is 0 Å². The lowest BCUT2D eigenvalue weighted by Crippen LogP contribution is -2.38. The van der Waals surface area contributed by atoms with Crippen LogP contribution in [0.2, 0.25) is 0 Å². The minimum absolute atomic E-state index is 0.0891. The van der Waals surface area contributed by atoms with Crippen LogP contribution in [0.25, 0.3) is 0 Å². The van der Waals surface area contributed by atoms with E-state index in [-0.39, 0.29) is 11.4 Å². The smallest absolute Gasteiger partial charge is 0.353 e. The summed E-state index contributed by atoms with van der Waals surface area (Å²) >= 11 is 5.52. The van der Waals surface area contributed by atoms with E-state index in [1.54, 1.807) is 6.92 Å². The van der Waals surface area contributed by atoms with Crippen molar-refractivity contribution in [2.75, 3.05) is 12.5 Å². The van der Waals surface area contributed by atoms with Gasteiger partial charge >= 0.3 is 5.97 Å². The van der Waals surface area contributed by atoms with Crippen molar-refractivity contribution in [2.24, 2.45) is 10.6 Å². The Labute approximate surface area is 107 Å². The van der Waals surface area contributed by atoms with Gasteiger partial charge in [0, 0.05) is 17.7 Å². The molecular weight excluding hydrogens is 242 g/mol. The lowest BCUT2D eigenvalue weighted by Gasteiger charge is -2.21. The van der Waals surface area contributed by atoms with Crippen molar-refractivity contribution in [1.82, 2.24) is 0 Å². The highest BCUT2D eigenvalue weighted by Crippen LogP contribution is 2.32. The van der Waals surface area contributed by atoms with Crippen LogP contribution in [0.15, 0.2) is 5.16 Å². The molecule has 0 fully saturated rings. The van der Waals surface area contributed by atoms with Crippen molar-refractivity contribution >= 4 is 23.3 Å². The van der Waals surface area contributed by atoms with Crippen LogP contribution in [-0.2, 0) is 14.4 Å². The van der Waals surface area contributed by atoms with Crippen molar-refractivity contribution in [3.05, 3.63) is 0 Å². The van der Waals surface area contributed by atoms with Crippen molar-refractivity contribution < 1.29 is 14.4 Å². The number of hydrogen-bond acceptors (Lipinski definition) is 4. The fraction of sp³-hybridized carbons (Fsp3) is 0.833. The van der Waals surface area contributed by atoms with E-state index in [4.69, 9.17) is 21.2 Å². The number of esters is 1. The molecule has 1 rings (SSSR count). The van der Waals surface area contributed by atoms with Gasteiger partial charge in [0.1, 0.15) is 0 Å². The molecule has 0 aromatic heterocycles. The second-order valence-corrected chi connectivity index (χ2v) is 5.84. The van der Waals surface area contributed by atoms with Crippen LogP contribution in [0.1, 0.15) is 40.5 Å². The van der Waals surface area contributed by atoms with Gasteiger partial charge in [-0.1, -0.05) is 25.9 Å². The van der Waals surface area contributed by atoms with Gasteiger partial charge in [0.05, 0.1) is 12.3 Å². The average Bonchev–Trinajstić information content (AvgIpc) is 2.62. The molecule has 0 bridgehead atoms. The van der Waals surface area contributed by atoms with Crippen LogP contribution in [0.4, 0.5) is 0 Å². The first-order valence-electron chi connectivity index (χ1n) is 5.78. The van der Waals surface area contributed by atoms with E-state index in [2.05, 4.69) is 5.16 Å². The van der Waals surface area contributed by atoms with Crippen LogP contribution in [0.3, 0.4) is 0 Å². The Morgan fingerprint density at radius 2 is 2.24 bits per heavy atom. The zero-order valence-corrected chi connectivity index (χ0v) is 11.6. The molecule has 0 radical (unpaired) electrons. The predicted octanol–water partition coefficient (Wildman–Crippen LogP) is 2.74. The minimum Gasteiger partial charge on any atom is -0.463 e. The highest BCUT2D eigenvalue weighted by molar-refractivity contribution is 6.17. The first-order chi connectivity index (χ1) is 7.79. The number of halogens is 1. The lowest BCUT2D eigenvalue weighted by atomic mass is 9.84. The molecule has 1 heterocycles. The third kappa shape index (κ3) is 3.60. The van der Waals surface area contributed by atoms with Gasteiger partial charge in [-0.15, -0.1) is 11.6 Å². The summed E-state index contributed by atoms with van der Waals surface area (Å²) in [6.07, 6.45) is 1.13. The first kappa shape index (κ1) is 14.3. The predicted molar refractivity (Wildman–Crippen MR) is 67.3 cm³/mol. The van der Waals surface area contributed by atoms with Gasteiger partial charge in [-0.05, 0) is 13.3 Å². The van der Waals surface area contributed by atoms with Crippen LogP contribution < -0.4 is 0 Å². The second kappa shape index (κ2) is 5.25. The highest BCUT2D eigenvalue weighted by atomic mass is 35.5. The van der Waals surface area contributed by atoms with Crippen molar-refractivity contribution in [3.8, 4) is 0 Å². The molecule has 1 aliphatic rings. The van der Waals surface area contributed by atoms with Crippen molar-refractivity contribution in [2.45, 2.75) is 46.1 Å². The van der Waals surface area contributed by atoms with E-state index in [0.717, 1.165) is 5.71 Å². The molecule has 1 atom stereocenters. The van der Waals surface area contributed by atoms with Gasteiger partial charge in [-0.25, -0.2) is 4.79 Å². The van der Waals surface area contributed by atoms with E-state index in [9.17, 15) is 4.79 Å².